The molecule has 0 N–H and O–H groups in total. The number of amides is 2. The Kier molecular flexibility index (Phi) is 8.69. The van der Waals surface area contributed by atoms with Crippen LogP contribution < -0.4 is 5.43 Å². The smallest absolute Gasteiger partial charge is 0.328 e. The van der Waals surface area contributed by atoms with Crippen LogP contribution in [0.5, 0.6) is 0 Å². The third kappa shape index (κ3) is 6.03. The Hall–Kier alpha value is -2.64. The number of aromatic nitrogens is 1. The summed E-state index contributed by atoms with van der Waals surface area (Å²) >= 11 is 0. The molecule has 33 heavy (non-hydrogen) atoms. The predicted octanol–water partition coefficient (Wildman–Crippen LogP) is 3.08. The first-order valence-corrected chi connectivity index (χ1v) is 12.3. The minimum atomic E-state index is -0.700. The molecule has 2 amide bonds. The van der Waals surface area contributed by atoms with Crippen LogP contribution in [0.25, 0.3) is 0 Å². The first-order valence-electron chi connectivity index (χ1n) is 12.3. The molecular formula is C25H37N3O5. The topological polar surface area (TPSA) is 88.9 Å². The van der Waals surface area contributed by atoms with Crippen molar-refractivity contribution in [2.75, 3.05) is 26.2 Å². The molecule has 8 nitrogen and oxygen atoms in total. The number of carbonyl (C=O) groups excluding carboxylic acids is 3. The number of piperidine rings is 1. The number of carbonyl (C=O) groups is 3. The second-order valence-corrected chi connectivity index (χ2v) is 9.47. The van der Waals surface area contributed by atoms with Gasteiger partial charge in [-0.2, -0.15) is 0 Å². The Morgan fingerprint density at radius 3 is 2.15 bits per heavy atom. The molecule has 1 aromatic rings. The lowest BCUT2D eigenvalue weighted by Crippen LogP contribution is -2.50. The van der Waals surface area contributed by atoms with Crippen molar-refractivity contribution in [3.63, 3.8) is 0 Å². The van der Waals surface area contributed by atoms with Crippen molar-refractivity contribution >= 4 is 17.8 Å². The minimum absolute atomic E-state index is 0.0353. The summed E-state index contributed by atoms with van der Waals surface area (Å²) in [6.45, 7) is 8.25. The van der Waals surface area contributed by atoms with Crippen molar-refractivity contribution < 1.29 is 19.1 Å². The van der Waals surface area contributed by atoms with Crippen molar-refractivity contribution in [1.82, 2.24) is 14.4 Å². The summed E-state index contributed by atoms with van der Waals surface area (Å²) in [7, 11) is 0. The fourth-order valence-electron chi connectivity index (χ4n) is 4.72. The van der Waals surface area contributed by atoms with Crippen LogP contribution in [0, 0.1) is 5.92 Å². The van der Waals surface area contributed by atoms with Crippen LogP contribution in [0.4, 0.5) is 0 Å². The van der Waals surface area contributed by atoms with Gasteiger partial charge in [0.25, 0.3) is 11.8 Å². The molecule has 0 aliphatic carbocycles. The van der Waals surface area contributed by atoms with Crippen molar-refractivity contribution in [2.24, 2.45) is 5.92 Å². The Bertz CT molecular complexity index is 915. The molecule has 2 aliphatic heterocycles. The zero-order valence-electron chi connectivity index (χ0n) is 20.2. The van der Waals surface area contributed by atoms with E-state index in [0.29, 0.717) is 32.6 Å². The normalized spacial score (nSPS) is 19.3. The van der Waals surface area contributed by atoms with Gasteiger partial charge >= 0.3 is 5.97 Å². The molecule has 1 atom stereocenters. The maximum absolute atomic E-state index is 13.6. The summed E-state index contributed by atoms with van der Waals surface area (Å²) in [5.74, 6) is -0.987. The molecular weight excluding hydrogens is 422 g/mol. The van der Waals surface area contributed by atoms with Gasteiger partial charge in [-0.3, -0.25) is 14.4 Å². The number of hydrogen-bond donors (Lipinski definition) is 0. The number of nitrogens with zero attached hydrogens (tertiary/aromatic N) is 3. The van der Waals surface area contributed by atoms with Crippen molar-refractivity contribution in [3.8, 4) is 0 Å². The molecule has 0 bridgehead atoms. The number of pyridine rings is 1. The van der Waals surface area contributed by atoms with Gasteiger partial charge in [0, 0.05) is 38.6 Å². The highest BCUT2D eigenvalue weighted by Crippen LogP contribution is 2.21. The SMILES string of the molecule is CCOC(=O)C1CCCCN1C(=O)c1cn(CC(C)C)cc(C(=O)N2CCCCCC2)c1=O. The van der Waals surface area contributed by atoms with Gasteiger partial charge in [-0.25, -0.2) is 4.79 Å². The molecule has 0 spiro atoms. The number of ether oxygens (including phenoxy) is 1. The third-order valence-corrected chi connectivity index (χ3v) is 6.33. The number of hydrogen-bond acceptors (Lipinski definition) is 5. The summed E-state index contributed by atoms with van der Waals surface area (Å²) in [5.41, 5.74) is -0.567. The lowest BCUT2D eigenvalue weighted by Gasteiger charge is -2.34. The van der Waals surface area contributed by atoms with E-state index in [-0.39, 0.29) is 29.6 Å². The van der Waals surface area contributed by atoms with Gasteiger partial charge in [-0.05, 0) is 44.9 Å². The molecule has 1 unspecified atom stereocenters. The Balaban J connectivity index is 1.99. The number of rotatable bonds is 6. The van der Waals surface area contributed by atoms with Crippen LogP contribution in [-0.2, 0) is 16.1 Å². The van der Waals surface area contributed by atoms with E-state index in [9.17, 15) is 19.2 Å². The van der Waals surface area contributed by atoms with Crippen LogP contribution in [0.2, 0.25) is 0 Å². The quantitative estimate of drug-likeness (QED) is 0.610. The average Bonchev–Trinajstić information content (AvgIpc) is 3.08. The molecule has 2 fully saturated rings. The van der Waals surface area contributed by atoms with E-state index in [1.807, 2.05) is 13.8 Å². The van der Waals surface area contributed by atoms with Gasteiger partial charge in [0.1, 0.15) is 17.2 Å². The van der Waals surface area contributed by atoms with Crippen molar-refractivity contribution in [1.29, 1.82) is 0 Å². The molecule has 3 rings (SSSR count). The molecule has 1 aromatic heterocycles. The van der Waals surface area contributed by atoms with E-state index in [1.54, 1.807) is 28.8 Å². The Labute approximate surface area is 195 Å². The molecule has 2 saturated heterocycles. The monoisotopic (exact) mass is 459 g/mol. The first-order chi connectivity index (χ1) is 15.8. The molecule has 182 valence electrons. The highest BCUT2D eigenvalue weighted by Gasteiger charge is 2.35. The van der Waals surface area contributed by atoms with Gasteiger partial charge in [0.15, 0.2) is 0 Å². The predicted molar refractivity (Wildman–Crippen MR) is 125 cm³/mol. The maximum Gasteiger partial charge on any atom is 0.328 e. The largest absolute Gasteiger partial charge is 0.464 e. The van der Waals surface area contributed by atoms with Gasteiger partial charge < -0.3 is 19.1 Å². The highest BCUT2D eigenvalue weighted by atomic mass is 16.5. The van der Waals surface area contributed by atoms with E-state index < -0.39 is 23.3 Å². The van der Waals surface area contributed by atoms with Gasteiger partial charge in [0.05, 0.1) is 6.61 Å². The van der Waals surface area contributed by atoms with Crippen molar-refractivity contribution in [3.05, 3.63) is 33.7 Å². The fraction of sp³-hybridized carbons (Fsp3) is 0.680. The summed E-state index contributed by atoms with van der Waals surface area (Å²) in [4.78, 5) is 56.0. The van der Waals surface area contributed by atoms with E-state index in [0.717, 1.165) is 38.5 Å². The average molecular weight is 460 g/mol. The van der Waals surface area contributed by atoms with Crippen LogP contribution in [0.3, 0.4) is 0 Å². The van der Waals surface area contributed by atoms with Gasteiger partial charge in [-0.1, -0.05) is 26.7 Å². The maximum atomic E-state index is 13.6. The first kappa shape index (κ1) is 25.0. The standard InChI is InChI=1S/C25H37N3O5/c1-4-33-25(32)21-11-7-10-14-28(21)24(31)20-17-26(15-18(2)3)16-19(22(20)29)23(30)27-12-8-5-6-9-13-27/h16-18,21H,4-15H2,1-3H3. The lowest BCUT2D eigenvalue weighted by atomic mass is 10.0. The van der Waals surface area contributed by atoms with E-state index in [4.69, 9.17) is 4.74 Å². The fourth-order valence-corrected chi connectivity index (χ4v) is 4.72. The number of esters is 1. The van der Waals surface area contributed by atoms with Crippen LogP contribution >= 0.6 is 0 Å². The molecule has 3 heterocycles. The van der Waals surface area contributed by atoms with Crippen LogP contribution in [0.15, 0.2) is 17.2 Å². The Morgan fingerprint density at radius 1 is 0.939 bits per heavy atom. The van der Waals surface area contributed by atoms with Gasteiger partial charge in [-0.15, -0.1) is 0 Å². The second-order valence-electron chi connectivity index (χ2n) is 9.47. The zero-order chi connectivity index (χ0) is 24.0. The van der Waals surface area contributed by atoms with E-state index in [2.05, 4.69) is 0 Å². The molecule has 8 heteroatoms. The Morgan fingerprint density at radius 2 is 1.55 bits per heavy atom. The summed E-state index contributed by atoms with van der Waals surface area (Å²) in [6, 6.07) is -0.700. The van der Waals surface area contributed by atoms with Gasteiger partial charge in [0.2, 0.25) is 5.43 Å². The molecule has 0 saturated carbocycles. The molecule has 2 aliphatic rings. The summed E-state index contributed by atoms with van der Waals surface area (Å²) < 4.78 is 6.95. The second kappa shape index (κ2) is 11.5. The van der Waals surface area contributed by atoms with Crippen LogP contribution in [0.1, 0.15) is 86.4 Å². The van der Waals surface area contributed by atoms with Crippen molar-refractivity contribution in [2.45, 2.75) is 78.3 Å². The van der Waals surface area contributed by atoms with Crippen LogP contribution in [-0.4, -0.2) is 64.4 Å². The third-order valence-electron chi connectivity index (χ3n) is 6.33. The molecule has 0 aromatic carbocycles. The zero-order valence-corrected chi connectivity index (χ0v) is 20.2. The number of likely N-dealkylation sites (tertiary alicyclic amines) is 2. The van der Waals surface area contributed by atoms with E-state index in [1.165, 1.54) is 4.90 Å². The van der Waals surface area contributed by atoms with E-state index >= 15 is 0 Å². The summed E-state index contributed by atoms with van der Waals surface area (Å²) in [6.07, 6.45) is 9.20. The molecule has 0 radical (unpaired) electrons. The highest BCUT2D eigenvalue weighted by molar-refractivity contribution is 6.00. The minimum Gasteiger partial charge on any atom is -0.464 e. The summed E-state index contributed by atoms with van der Waals surface area (Å²) in [5, 5.41) is 0. The lowest BCUT2D eigenvalue weighted by molar-refractivity contribution is -0.149.